The first kappa shape index (κ1) is 13.1. The molecule has 4 atom stereocenters. The quantitative estimate of drug-likeness (QED) is 0.868. The first-order valence-corrected chi connectivity index (χ1v) is 6.87. The van der Waals surface area contributed by atoms with Crippen LogP contribution in [0.1, 0.15) is 30.9 Å². The van der Waals surface area contributed by atoms with Gasteiger partial charge in [0.1, 0.15) is 0 Å². The van der Waals surface area contributed by atoms with Crippen molar-refractivity contribution in [1.29, 1.82) is 0 Å². The molecule has 20 heavy (non-hydrogen) atoms. The van der Waals surface area contributed by atoms with Crippen molar-refractivity contribution in [2.24, 2.45) is 5.92 Å². The van der Waals surface area contributed by atoms with Crippen LogP contribution in [0.2, 0.25) is 0 Å². The van der Waals surface area contributed by atoms with Crippen LogP contribution in [0.5, 0.6) is 0 Å². The summed E-state index contributed by atoms with van der Waals surface area (Å²) in [5.41, 5.74) is 0.552. The number of fused-ring (bicyclic) bond motifs is 2. The van der Waals surface area contributed by atoms with Crippen LogP contribution in [0.15, 0.2) is 30.3 Å². The summed E-state index contributed by atoms with van der Waals surface area (Å²) in [6.07, 6.45) is 0.857. The van der Waals surface area contributed by atoms with E-state index in [9.17, 15) is 19.8 Å². The summed E-state index contributed by atoms with van der Waals surface area (Å²) in [5, 5.41) is 19.4. The highest BCUT2D eigenvalue weighted by Crippen LogP contribution is 2.43. The molecule has 1 aromatic carbocycles. The largest absolute Gasteiger partial charge is 0.481 e. The van der Waals surface area contributed by atoms with Crippen LogP contribution in [0.25, 0.3) is 0 Å². The number of aliphatic hydroxyl groups is 1. The van der Waals surface area contributed by atoms with Crippen LogP contribution < -0.4 is 0 Å². The average molecular weight is 275 g/mol. The predicted molar refractivity (Wildman–Crippen MR) is 70.8 cm³/mol. The summed E-state index contributed by atoms with van der Waals surface area (Å²) < 4.78 is 0. The van der Waals surface area contributed by atoms with Gasteiger partial charge in [-0.1, -0.05) is 30.3 Å². The Bertz CT molecular complexity index is 530. The molecule has 2 saturated heterocycles. The highest BCUT2D eigenvalue weighted by molar-refractivity contribution is 5.85. The van der Waals surface area contributed by atoms with Crippen LogP contribution >= 0.6 is 0 Å². The van der Waals surface area contributed by atoms with Crippen molar-refractivity contribution < 1.29 is 19.8 Å². The highest BCUT2D eigenvalue weighted by atomic mass is 16.4. The molecule has 2 aliphatic rings. The SMILES string of the molecule is O=C(O)C1CC2CCC1N2C(=O)C(O)c1ccccc1. The molecule has 2 N–H and O–H groups in total. The van der Waals surface area contributed by atoms with Crippen molar-refractivity contribution in [3.8, 4) is 0 Å². The molecule has 5 heteroatoms. The Balaban J connectivity index is 1.80. The van der Waals surface area contributed by atoms with E-state index in [1.807, 2.05) is 6.07 Å². The van der Waals surface area contributed by atoms with Gasteiger partial charge >= 0.3 is 5.97 Å². The molecule has 5 nitrogen and oxygen atoms in total. The van der Waals surface area contributed by atoms with E-state index in [1.165, 1.54) is 0 Å². The maximum Gasteiger partial charge on any atom is 0.308 e. The lowest BCUT2D eigenvalue weighted by Crippen LogP contribution is -2.40. The molecule has 4 unspecified atom stereocenters. The zero-order valence-electron chi connectivity index (χ0n) is 11.0. The van der Waals surface area contributed by atoms with Gasteiger partial charge in [-0.2, -0.15) is 0 Å². The smallest absolute Gasteiger partial charge is 0.308 e. The minimum atomic E-state index is -1.20. The van der Waals surface area contributed by atoms with Crippen molar-refractivity contribution in [2.45, 2.75) is 37.5 Å². The normalized spacial score (nSPS) is 29.4. The van der Waals surface area contributed by atoms with Gasteiger partial charge in [-0.25, -0.2) is 0 Å². The Kier molecular flexibility index (Phi) is 3.22. The fourth-order valence-corrected chi connectivity index (χ4v) is 3.52. The minimum Gasteiger partial charge on any atom is -0.481 e. The van der Waals surface area contributed by atoms with Crippen LogP contribution in [-0.4, -0.2) is 39.1 Å². The van der Waals surface area contributed by atoms with E-state index in [2.05, 4.69) is 0 Å². The molecular formula is C15H17NO4. The number of carbonyl (C=O) groups excluding carboxylic acids is 1. The maximum absolute atomic E-state index is 12.5. The first-order valence-electron chi connectivity index (χ1n) is 6.87. The van der Waals surface area contributed by atoms with Gasteiger partial charge in [-0.3, -0.25) is 9.59 Å². The molecular weight excluding hydrogens is 258 g/mol. The summed E-state index contributed by atoms with van der Waals surface area (Å²) in [5.74, 6) is -1.70. The number of carboxylic acids is 1. The second-order valence-corrected chi connectivity index (χ2v) is 5.54. The molecule has 0 aromatic heterocycles. The Labute approximate surface area is 116 Å². The fraction of sp³-hybridized carbons (Fsp3) is 0.467. The summed E-state index contributed by atoms with van der Waals surface area (Å²) >= 11 is 0. The third-order valence-electron chi connectivity index (χ3n) is 4.46. The van der Waals surface area contributed by atoms with Crippen molar-refractivity contribution in [2.75, 3.05) is 0 Å². The molecule has 0 spiro atoms. The van der Waals surface area contributed by atoms with Gasteiger partial charge in [-0.05, 0) is 24.8 Å². The molecule has 1 amide bonds. The molecule has 0 aliphatic carbocycles. The molecule has 0 saturated carbocycles. The van der Waals surface area contributed by atoms with Crippen molar-refractivity contribution >= 4 is 11.9 Å². The Morgan fingerprint density at radius 3 is 2.50 bits per heavy atom. The van der Waals surface area contributed by atoms with E-state index in [0.717, 1.165) is 12.8 Å². The number of benzene rings is 1. The fourth-order valence-electron chi connectivity index (χ4n) is 3.52. The second kappa shape index (κ2) is 4.90. The Morgan fingerprint density at radius 2 is 1.90 bits per heavy atom. The lowest BCUT2D eigenvalue weighted by atomic mass is 9.89. The van der Waals surface area contributed by atoms with Crippen molar-refractivity contribution in [3.05, 3.63) is 35.9 Å². The van der Waals surface area contributed by atoms with Gasteiger partial charge in [0.05, 0.1) is 5.92 Å². The number of rotatable bonds is 3. The zero-order valence-corrected chi connectivity index (χ0v) is 11.0. The summed E-state index contributed by atoms with van der Waals surface area (Å²) in [6.45, 7) is 0. The van der Waals surface area contributed by atoms with Crippen LogP contribution in [-0.2, 0) is 9.59 Å². The molecule has 2 fully saturated rings. The Hall–Kier alpha value is -1.88. The van der Waals surface area contributed by atoms with E-state index < -0.39 is 18.0 Å². The van der Waals surface area contributed by atoms with Gasteiger partial charge in [-0.15, -0.1) is 0 Å². The molecule has 0 radical (unpaired) electrons. The number of carbonyl (C=O) groups is 2. The average Bonchev–Trinajstić information content (AvgIpc) is 3.04. The third-order valence-corrected chi connectivity index (χ3v) is 4.46. The molecule has 2 bridgehead atoms. The molecule has 106 valence electrons. The topological polar surface area (TPSA) is 77.8 Å². The zero-order chi connectivity index (χ0) is 14.3. The molecule has 2 heterocycles. The highest BCUT2D eigenvalue weighted by Gasteiger charge is 2.52. The van der Waals surface area contributed by atoms with Gasteiger partial charge in [0.2, 0.25) is 0 Å². The van der Waals surface area contributed by atoms with Gasteiger partial charge < -0.3 is 15.1 Å². The Morgan fingerprint density at radius 1 is 1.20 bits per heavy atom. The van der Waals surface area contributed by atoms with Crippen molar-refractivity contribution in [1.82, 2.24) is 4.90 Å². The predicted octanol–water partition coefficient (Wildman–Crippen LogP) is 1.18. The molecule has 2 aliphatic heterocycles. The summed E-state index contributed by atoms with van der Waals surface area (Å²) in [6, 6.07) is 8.47. The van der Waals surface area contributed by atoms with Gasteiger partial charge in [0.25, 0.3) is 5.91 Å². The minimum absolute atomic E-state index is 0.0352. The van der Waals surface area contributed by atoms with E-state index in [-0.39, 0.29) is 18.0 Å². The number of hydrogen-bond donors (Lipinski definition) is 2. The van der Waals surface area contributed by atoms with E-state index in [0.29, 0.717) is 12.0 Å². The number of aliphatic hydroxyl groups excluding tert-OH is 1. The molecule has 3 rings (SSSR count). The first-order chi connectivity index (χ1) is 9.59. The number of nitrogens with zero attached hydrogens (tertiary/aromatic N) is 1. The van der Waals surface area contributed by atoms with Crippen molar-refractivity contribution in [3.63, 3.8) is 0 Å². The number of carboxylic acid groups (broad SMARTS) is 1. The van der Waals surface area contributed by atoms with Crippen LogP contribution in [0.3, 0.4) is 0 Å². The van der Waals surface area contributed by atoms with Gasteiger partial charge in [0, 0.05) is 12.1 Å². The standard InChI is InChI=1S/C15H17NO4/c17-13(9-4-2-1-3-5-9)14(18)16-10-6-7-12(16)11(8-10)15(19)20/h1-5,10-13,17H,6-8H2,(H,19,20). The second-order valence-electron chi connectivity index (χ2n) is 5.54. The third kappa shape index (κ3) is 1.98. The maximum atomic E-state index is 12.5. The van der Waals surface area contributed by atoms with E-state index >= 15 is 0 Å². The van der Waals surface area contributed by atoms with E-state index in [1.54, 1.807) is 29.2 Å². The number of amides is 1. The van der Waals surface area contributed by atoms with Crippen LogP contribution in [0, 0.1) is 5.92 Å². The summed E-state index contributed by atoms with van der Waals surface area (Å²) in [4.78, 5) is 25.3. The monoisotopic (exact) mass is 275 g/mol. The van der Waals surface area contributed by atoms with Gasteiger partial charge in [0.15, 0.2) is 6.10 Å². The lowest BCUT2D eigenvalue weighted by Gasteiger charge is -2.25. The number of aliphatic carboxylic acids is 1. The van der Waals surface area contributed by atoms with Crippen LogP contribution in [0.4, 0.5) is 0 Å². The lowest BCUT2D eigenvalue weighted by molar-refractivity contribution is -0.145. The number of hydrogen-bond acceptors (Lipinski definition) is 3. The summed E-state index contributed by atoms with van der Waals surface area (Å²) in [7, 11) is 0. The van der Waals surface area contributed by atoms with E-state index in [4.69, 9.17) is 0 Å². The molecule has 1 aromatic rings.